The maximum absolute atomic E-state index is 12.8. The Labute approximate surface area is 204 Å². The quantitative estimate of drug-likeness (QED) is 0.508. The van der Waals surface area contributed by atoms with Crippen LogP contribution in [-0.4, -0.2) is 61.1 Å². The maximum atomic E-state index is 12.8. The molecule has 6 heteroatoms. The molecule has 5 nitrogen and oxygen atoms in total. The minimum absolute atomic E-state index is 0.0797. The summed E-state index contributed by atoms with van der Waals surface area (Å²) in [7, 11) is 0. The van der Waals surface area contributed by atoms with Crippen LogP contribution in [0.5, 0.6) is 5.75 Å². The molecule has 1 unspecified atom stereocenters. The minimum atomic E-state index is 0.0797. The highest BCUT2D eigenvalue weighted by Crippen LogP contribution is 2.31. The first-order valence-corrected chi connectivity index (χ1v) is 12.4. The number of hydrogen-bond acceptors (Lipinski definition) is 4. The van der Waals surface area contributed by atoms with E-state index in [1.54, 1.807) is 24.3 Å². The summed E-state index contributed by atoms with van der Waals surface area (Å²) in [6, 6.07) is 12.3. The van der Waals surface area contributed by atoms with E-state index in [9.17, 15) is 4.79 Å². The Morgan fingerprint density at radius 2 is 1.67 bits per heavy atom. The van der Waals surface area contributed by atoms with Gasteiger partial charge in [-0.3, -0.25) is 9.69 Å². The Morgan fingerprint density at radius 1 is 1.00 bits per heavy atom. The third kappa shape index (κ3) is 6.72. The fraction of sp³-hybridized carbons (Fsp3) is 0.519. The van der Waals surface area contributed by atoms with Gasteiger partial charge in [-0.1, -0.05) is 31.5 Å². The molecule has 1 N–H and O–H groups in total. The van der Waals surface area contributed by atoms with Gasteiger partial charge < -0.3 is 15.0 Å². The summed E-state index contributed by atoms with van der Waals surface area (Å²) in [5, 5.41) is 4.07. The summed E-state index contributed by atoms with van der Waals surface area (Å²) in [5.74, 6) is 1.06. The highest BCUT2D eigenvalue weighted by molar-refractivity contribution is 6.30. The highest BCUT2D eigenvalue weighted by Gasteiger charge is 2.26. The molecule has 0 aliphatic carbocycles. The second-order valence-electron chi connectivity index (χ2n) is 9.22. The molecule has 0 radical (unpaired) electrons. The van der Waals surface area contributed by atoms with Gasteiger partial charge in [0.2, 0.25) is 0 Å². The number of carbonyl (C=O) groups is 1. The Hall–Kier alpha value is -2.08. The van der Waals surface area contributed by atoms with E-state index >= 15 is 0 Å². The lowest BCUT2D eigenvalue weighted by molar-refractivity contribution is 0.0581. The molecule has 1 aliphatic heterocycles. The van der Waals surface area contributed by atoms with Gasteiger partial charge in [0.05, 0.1) is 6.61 Å². The number of amides is 1. The van der Waals surface area contributed by atoms with Crippen LogP contribution in [0.2, 0.25) is 5.02 Å². The normalized spacial score (nSPS) is 15.7. The first-order chi connectivity index (χ1) is 15.8. The summed E-state index contributed by atoms with van der Waals surface area (Å²) >= 11 is 5.95. The molecule has 1 heterocycles. The van der Waals surface area contributed by atoms with Gasteiger partial charge in [0, 0.05) is 48.8 Å². The zero-order valence-corrected chi connectivity index (χ0v) is 21.4. The fourth-order valence-corrected chi connectivity index (χ4v) is 4.48. The van der Waals surface area contributed by atoms with Crippen LogP contribution in [0, 0.1) is 13.8 Å². The van der Waals surface area contributed by atoms with Gasteiger partial charge in [0.25, 0.3) is 5.91 Å². The van der Waals surface area contributed by atoms with Gasteiger partial charge in [-0.25, -0.2) is 0 Å². The molecule has 2 aromatic carbocycles. The number of ether oxygens (including phenoxy) is 1. The second kappa shape index (κ2) is 11.9. The van der Waals surface area contributed by atoms with Crippen LogP contribution in [0.1, 0.15) is 60.3 Å². The van der Waals surface area contributed by atoms with Gasteiger partial charge >= 0.3 is 0 Å². The van der Waals surface area contributed by atoms with Gasteiger partial charge in [-0.2, -0.15) is 0 Å². The van der Waals surface area contributed by atoms with Crippen LogP contribution in [-0.2, 0) is 0 Å². The Bertz CT molecular complexity index is 922. The summed E-state index contributed by atoms with van der Waals surface area (Å²) in [4.78, 5) is 17.2. The molecule has 0 aromatic heterocycles. The molecule has 1 saturated heterocycles. The number of halogens is 1. The minimum Gasteiger partial charge on any atom is -0.493 e. The fourth-order valence-electron chi connectivity index (χ4n) is 4.35. The van der Waals surface area contributed by atoms with Crippen molar-refractivity contribution in [2.24, 2.45) is 0 Å². The van der Waals surface area contributed by atoms with E-state index in [1.165, 1.54) is 16.7 Å². The topological polar surface area (TPSA) is 44.8 Å². The van der Waals surface area contributed by atoms with Crippen molar-refractivity contribution in [1.82, 2.24) is 15.1 Å². The van der Waals surface area contributed by atoms with Crippen LogP contribution < -0.4 is 10.1 Å². The standard InChI is InChI=1S/C27H38ClN3O2/c1-19(2)29-13-6-18-33-26-12-11-25(20(3)21(26)4)22(5)30-14-16-31(17-15-30)27(32)23-7-9-24(28)10-8-23/h7-12,19,22,29H,6,13-18H2,1-5H3. The molecular formula is C27H38ClN3O2. The van der Waals surface area contributed by atoms with Gasteiger partial charge in [0.15, 0.2) is 0 Å². The van der Waals surface area contributed by atoms with E-state index in [0.717, 1.165) is 51.5 Å². The van der Waals surface area contributed by atoms with Crippen LogP contribution in [0.3, 0.4) is 0 Å². The van der Waals surface area contributed by atoms with Crippen molar-refractivity contribution < 1.29 is 9.53 Å². The van der Waals surface area contributed by atoms with Crippen molar-refractivity contribution in [1.29, 1.82) is 0 Å². The summed E-state index contributed by atoms with van der Waals surface area (Å²) in [5.41, 5.74) is 4.54. The predicted octanol–water partition coefficient (Wildman–Crippen LogP) is 5.24. The van der Waals surface area contributed by atoms with Crippen LogP contribution in [0.4, 0.5) is 0 Å². The summed E-state index contributed by atoms with van der Waals surface area (Å²) in [6.45, 7) is 15.8. The van der Waals surface area contributed by atoms with Gasteiger partial charge in [-0.15, -0.1) is 0 Å². The van der Waals surface area contributed by atoms with E-state index in [1.807, 2.05) is 4.90 Å². The SMILES string of the molecule is Cc1c(OCCCNC(C)C)ccc(C(C)N2CCN(C(=O)c3ccc(Cl)cc3)CC2)c1C. The van der Waals surface area contributed by atoms with E-state index < -0.39 is 0 Å². The number of piperazine rings is 1. The zero-order chi connectivity index (χ0) is 24.0. The first kappa shape index (κ1) is 25.5. The predicted molar refractivity (Wildman–Crippen MR) is 137 cm³/mol. The lowest BCUT2D eigenvalue weighted by Crippen LogP contribution is -2.49. The monoisotopic (exact) mass is 471 g/mol. The number of nitrogens with one attached hydrogen (secondary N) is 1. The zero-order valence-electron chi connectivity index (χ0n) is 20.7. The Morgan fingerprint density at radius 3 is 2.30 bits per heavy atom. The molecule has 1 amide bonds. The molecule has 0 bridgehead atoms. The maximum Gasteiger partial charge on any atom is 0.253 e. The average molecular weight is 472 g/mol. The molecular weight excluding hydrogens is 434 g/mol. The largest absolute Gasteiger partial charge is 0.493 e. The highest BCUT2D eigenvalue weighted by atomic mass is 35.5. The van der Waals surface area contributed by atoms with Crippen molar-refractivity contribution in [3.8, 4) is 5.75 Å². The third-order valence-electron chi connectivity index (χ3n) is 6.60. The number of nitrogens with zero attached hydrogens (tertiary/aromatic N) is 2. The van der Waals surface area contributed by atoms with Crippen LogP contribution in [0.15, 0.2) is 36.4 Å². The lowest BCUT2D eigenvalue weighted by Gasteiger charge is -2.39. The first-order valence-electron chi connectivity index (χ1n) is 12.0. The van der Waals surface area contributed by atoms with E-state index in [2.05, 4.69) is 57.0 Å². The molecule has 1 atom stereocenters. The number of hydrogen-bond donors (Lipinski definition) is 1. The van der Waals surface area contributed by atoms with Crippen molar-refractivity contribution in [2.45, 2.75) is 53.1 Å². The summed E-state index contributed by atoms with van der Waals surface area (Å²) < 4.78 is 6.06. The van der Waals surface area contributed by atoms with Crippen molar-refractivity contribution >= 4 is 17.5 Å². The van der Waals surface area contributed by atoms with E-state index in [-0.39, 0.29) is 5.91 Å². The number of rotatable bonds is 9. The van der Waals surface area contributed by atoms with Crippen molar-refractivity contribution in [3.05, 3.63) is 63.7 Å². The molecule has 33 heavy (non-hydrogen) atoms. The molecule has 1 aliphatic rings. The molecule has 180 valence electrons. The molecule has 0 saturated carbocycles. The average Bonchev–Trinajstić information content (AvgIpc) is 2.81. The van der Waals surface area contributed by atoms with Gasteiger partial charge in [-0.05, 0) is 80.8 Å². The van der Waals surface area contributed by atoms with Crippen molar-refractivity contribution in [2.75, 3.05) is 39.3 Å². The smallest absolute Gasteiger partial charge is 0.253 e. The third-order valence-corrected chi connectivity index (χ3v) is 6.85. The molecule has 1 fully saturated rings. The Balaban J connectivity index is 1.55. The van der Waals surface area contributed by atoms with Crippen molar-refractivity contribution in [3.63, 3.8) is 0 Å². The number of carbonyl (C=O) groups excluding carboxylic acids is 1. The molecule has 0 spiro atoms. The second-order valence-corrected chi connectivity index (χ2v) is 9.66. The van der Waals surface area contributed by atoms with E-state index in [0.29, 0.717) is 22.7 Å². The van der Waals surface area contributed by atoms with Crippen LogP contribution >= 0.6 is 11.6 Å². The van der Waals surface area contributed by atoms with Gasteiger partial charge in [0.1, 0.15) is 5.75 Å². The summed E-state index contributed by atoms with van der Waals surface area (Å²) in [6.07, 6.45) is 0.994. The van der Waals surface area contributed by atoms with E-state index in [4.69, 9.17) is 16.3 Å². The van der Waals surface area contributed by atoms with Crippen LogP contribution in [0.25, 0.3) is 0 Å². The molecule has 3 rings (SSSR count). The lowest BCUT2D eigenvalue weighted by atomic mass is 9.96. The molecule has 2 aromatic rings. The number of benzene rings is 2. The Kier molecular flexibility index (Phi) is 9.19.